The van der Waals surface area contributed by atoms with E-state index in [-0.39, 0.29) is 24.0 Å². The van der Waals surface area contributed by atoms with Gasteiger partial charge in [-0.1, -0.05) is 6.92 Å². The van der Waals surface area contributed by atoms with Gasteiger partial charge in [0, 0.05) is 17.2 Å². The molecule has 0 saturated carbocycles. The van der Waals surface area contributed by atoms with Crippen molar-refractivity contribution in [2.24, 2.45) is 0 Å². The molecule has 0 bridgehead atoms. The summed E-state index contributed by atoms with van der Waals surface area (Å²) >= 11 is 11.5. The average molecular weight is 690 g/mol. The third kappa shape index (κ3) is 5.38. The molecule has 0 aliphatic heterocycles. The highest BCUT2D eigenvalue weighted by atomic mass is 127. The Balaban J connectivity index is 3.53. The zero-order valence-corrected chi connectivity index (χ0v) is 20.0. The Kier molecular flexibility index (Phi) is 9.69. The molecule has 1 rings (SSSR count). The number of hydrogen-bond donors (Lipinski definition) is 2. The maximum atomic E-state index is 12.5. The Labute approximate surface area is 185 Å². The van der Waals surface area contributed by atoms with Crippen molar-refractivity contribution in [2.75, 3.05) is 25.6 Å². The van der Waals surface area contributed by atoms with Gasteiger partial charge in [-0.05, 0) is 85.8 Å². The molecule has 2 amide bonds. The lowest BCUT2D eigenvalue weighted by molar-refractivity contribution is -0.119. The molecule has 0 atom stereocenters. The number of benzene rings is 1. The first-order valence-corrected chi connectivity index (χ1v) is 10.3. The van der Waals surface area contributed by atoms with Crippen LogP contribution in [0.1, 0.15) is 34.1 Å². The van der Waals surface area contributed by atoms with Crippen LogP contribution >= 0.6 is 79.4 Å². The van der Waals surface area contributed by atoms with Crippen LogP contribution in [0, 0.1) is 10.7 Å². The van der Waals surface area contributed by atoms with Gasteiger partial charge in [0.25, 0.3) is 11.1 Å². The molecule has 0 spiro atoms. The lowest BCUT2D eigenvalue weighted by atomic mass is 10.1. The summed E-state index contributed by atoms with van der Waals surface area (Å²) in [5.74, 6) is -0.703. The van der Waals surface area contributed by atoms with Gasteiger partial charge in [-0.2, -0.15) is 0 Å². The van der Waals surface area contributed by atoms with Crippen LogP contribution in [0.3, 0.4) is 0 Å². The number of methoxy groups -OCH3 is 1. The number of halogens is 4. The number of amides is 2. The van der Waals surface area contributed by atoms with E-state index in [2.05, 4.69) is 10.6 Å². The molecule has 0 aliphatic carbocycles. The molecule has 0 aliphatic rings. The molecule has 6 nitrogen and oxygen atoms in total. The molecule has 1 aromatic rings. The van der Waals surface area contributed by atoms with Gasteiger partial charge in [-0.3, -0.25) is 14.4 Å². The van der Waals surface area contributed by atoms with Gasteiger partial charge in [0.1, 0.15) is 6.61 Å². The molecule has 0 heterocycles. The quantitative estimate of drug-likeness (QED) is 0.339. The topological polar surface area (TPSA) is 84.5 Å². The molecule has 10 heteroatoms. The smallest absolute Gasteiger partial charge is 0.254 e. The van der Waals surface area contributed by atoms with Crippen LogP contribution in [0.15, 0.2) is 0 Å². The zero-order chi connectivity index (χ0) is 18.4. The zero-order valence-electron chi connectivity index (χ0n) is 12.8. The van der Waals surface area contributed by atoms with Crippen molar-refractivity contribution >= 4 is 102 Å². The fraction of sp³-hybridized carbons (Fsp3) is 0.357. The maximum absolute atomic E-state index is 12.5. The minimum atomic E-state index is -0.688. The van der Waals surface area contributed by atoms with E-state index < -0.39 is 5.24 Å². The molecular formula is C14H14ClI3N2O4. The number of hydrogen-bond acceptors (Lipinski definition) is 4. The van der Waals surface area contributed by atoms with Crippen molar-refractivity contribution < 1.29 is 19.1 Å². The van der Waals surface area contributed by atoms with E-state index in [9.17, 15) is 14.4 Å². The summed E-state index contributed by atoms with van der Waals surface area (Å²) in [6.07, 6.45) is 0.780. The Morgan fingerprint density at radius 2 is 1.67 bits per heavy atom. The average Bonchev–Trinajstić information content (AvgIpc) is 2.49. The van der Waals surface area contributed by atoms with Gasteiger partial charge in [0.15, 0.2) is 0 Å². The van der Waals surface area contributed by atoms with Crippen LogP contribution < -0.4 is 10.6 Å². The summed E-state index contributed by atoms with van der Waals surface area (Å²) in [6, 6.07) is 0. The molecular weight excluding hydrogens is 676 g/mol. The van der Waals surface area contributed by atoms with E-state index in [1.807, 2.05) is 74.7 Å². The van der Waals surface area contributed by atoms with E-state index >= 15 is 0 Å². The van der Waals surface area contributed by atoms with Crippen molar-refractivity contribution in [3.8, 4) is 0 Å². The second-order valence-electron chi connectivity index (χ2n) is 4.58. The van der Waals surface area contributed by atoms with Crippen LogP contribution in [0.25, 0.3) is 0 Å². The van der Waals surface area contributed by atoms with Gasteiger partial charge in [-0.25, -0.2) is 0 Å². The minimum absolute atomic E-state index is 0.139. The van der Waals surface area contributed by atoms with Gasteiger partial charge in [-0.15, -0.1) is 0 Å². The molecule has 24 heavy (non-hydrogen) atoms. The lowest BCUT2D eigenvalue weighted by Crippen LogP contribution is -2.28. The summed E-state index contributed by atoms with van der Waals surface area (Å²) in [4.78, 5) is 36.2. The predicted octanol–water partition coefficient (Wildman–Crippen LogP) is 3.60. The fourth-order valence-electron chi connectivity index (χ4n) is 1.78. The lowest BCUT2D eigenvalue weighted by Gasteiger charge is -2.18. The molecule has 0 fully saturated rings. The predicted molar refractivity (Wildman–Crippen MR) is 118 cm³/mol. The second-order valence-corrected chi connectivity index (χ2v) is 8.16. The second kappa shape index (κ2) is 10.4. The van der Waals surface area contributed by atoms with Crippen molar-refractivity contribution in [1.82, 2.24) is 5.32 Å². The van der Waals surface area contributed by atoms with Crippen LogP contribution in [-0.2, 0) is 9.53 Å². The minimum Gasteiger partial charge on any atom is -0.375 e. The number of carbonyl (C=O) groups is 3. The highest BCUT2D eigenvalue weighted by Crippen LogP contribution is 2.36. The normalized spacial score (nSPS) is 10.4. The van der Waals surface area contributed by atoms with Gasteiger partial charge >= 0.3 is 0 Å². The van der Waals surface area contributed by atoms with Crippen molar-refractivity contribution in [3.05, 3.63) is 21.8 Å². The fourth-order valence-corrected chi connectivity index (χ4v) is 6.70. The SMILES string of the molecule is CCCNC(=O)c1c(I)c(NC(=O)COC)c(I)c(C(=O)Cl)c1I. The number of rotatable bonds is 7. The van der Waals surface area contributed by atoms with Crippen molar-refractivity contribution in [2.45, 2.75) is 13.3 Å². The van der Waals surface area contributed by atoms with Crippen LogP contribution in [-0.4, -0.2) is 37.3 Å². The van der Waals surface area contributed by atoms with E-state index in [1.54, 1.807) is 0 Å². The third-order valence-electron chi connectivity index (χ3n) is 2.82. The summed E-state index contributed by atoms with van der Waals surface area (Å²) in [6.45, 7) is 2.31. The molecule has 0 unspecified atom stereocenters. The third-order valence-corrected chi connectivity index (χ3v) is 6.24. The molecule has 0 radical (unpaired) electrons. The van der Waals surface area contributed by atoms with Crippen molar-refractivity contribution in [1.29, 1.82) is 0 Å². The number of carbonyl (C=O) groups excluding carboxylic acids is 3. The Hall–Kier alpha value is 0.270. The van der Waals surface area contributed by atoms with Crippen molar-refractivity contribution in [3.63, 3.8) is 0 Å². The van der Waals surface area contributed by atoms with Crippen LogP contribution in [0.4, 0.5) is 5.69 Å². The highest BCUT2D eigenvalue weighted by molar-refractivity contribution is 14.1. The molecule has 1 aromatic carbocycles. The monoisotopic (exact) mass is 690 g/mol. The van der Waals surface area contributed by atoms with Gasteiger partial charge < -0.3 is 15.4 Å². The van der Waals surface area contributed by atoms with E-state index in [0.29, 0.717) is 28.5 Å². The molecule has 2 N–H and O–H groups in total. The first-order chi connectivity index (χ1) is 11.3. The largest absolute Gasteiger partial charge is 0.375 e. The number of anilines is 1. The maximum Gasteiger partial charge on any atom is 0.254 e. The molecule has 0 aromatic heterocycles. The van der Waals surface area contributed by atoms with Gasteiger partial charge in [0.05, 0.1) is 24.0 Å². The Bertz CT molecular complexity index is 683. The summed E-state index contributed by atoms with van der Waals surface area (Å²) in [7, 11) is 1.40. The Morgan fingerprint density at radius 1 is 1.08 bits per heavy atom. The standard InChI is InChI=1S/C14H14ClI3N2O4/c1-3-4-19-14(23)8-9(16)7(13(15)22)10(17)12(11(8)18)20-6(21)5-24-2/h3-5H2,1-2H3,(H,19,23)(H,20,21). The number of ether oxygens (including phenoxy) is 1. The molecule has 0 saturated heterocycles. The van der Waals surface area contributed by atoms with Crippen LogP contribution in [0.2, 0.25) is 0 Å². The number of nitrogens with one attached hydrogen (secondary N) is 2. The van der Waals surface area contributed by atoms with E-state index in [1.165, 1.54) is 7.11 Å². The summed E-state index contributed by atoms with van der Waals surface area (Å²) < 4.78 is 6.28. The first-order valence-electron chi connectivity index (χ1n) is 6.73. The van der Waals surface area contributed by atoms with E-state index in [4.69, 9.17) is 16.3 Å². The highest BCUT2D eigenvalue weighted by Gasteiger charge is 2.27. The van der Waals surface area contributed by atoms with Crippen LogP contribution in [0.5, 0.6) is 0 Å². The summed E-state index contributed by atoms with van der Waals surface area (Å²) in [5.41, 5.74) is 0.902. The Morgan fingerprint density at radius 3 is 2.17 bits per heavy atom. The van der Waals surface area contributed by atoms with E-state index in [0.717, 1.165) is 6.42 Å². The molecule has 132 valence electrons. The first kappa shape index (κ1) is 22.3. The van der Waals surface area contributed by atoms with Gasteiger partial charge in [0.2, 0.25) is 5.91 Å². The summed E-state index contributed by atoms with van der Waals surface area (Å²) in [5, 5.41) is 4.77.